The molecule has 3 unspecified atom stereocenters. The normalized spacial score (nSPS) is 33.2. The van der Waals surface area contributed by atoms with Crippen molar-refractivity contribution in [3.8, 4) is 0 Å². The van der Waals surface area contributed by atoms with Gasteiger partial charge in [0.25, 0.3) is 0 Å². The highest BCUT2D eigenvalue weighted by molar-refractivity contribution is 7.80. The second-order valence-electron chi connectivity index (χ2n) is 11.6. The van der Waals surface area contributed by atoms with Crippen LogP contribution in [0.5, 0.6) is 0 Å². The van der Waals surface area contributed by atoms with E-state index in [0.29, 0.717) is 11.5 Å². The molecule has 3 rings (SSSR count). The lowest BCUT2D eigenvalue weighted by atomic mass is 9.51. The fourth-order valence-corrected chi connectivity index (χ4v) is 7.57. The van der Waals surface area contributed by atoms with E-state index in [4.69, 9.17) is 12.2 Å². The molecule has 0 radical (unpaired) electrons. The quantitative estimate of drug-likeness (QED) is 0.439. The lowest BCUT2D eigenvalue weighted by Gasteiger charge is -2.54. The van der Waals surface area contributed by atoms with Gasteiger partial charge in [-0.2, -0.15) is 0 Å². The molecule has 30 heavy (non-hydrogen) atoms. The van der Waals surface area contributed by atoms with Crippen molar-refractivity contribution in [3.63, 3.8) is 0 Å². The van der Waals surface area contributed by atoms with Crippen LogP contribution in [-0.4, -0.2) is 18.2 Å². The first kappa shape index (κ1) is 24.3. The monoisotopic (exact) mass is 434 g/mol. The van der Waals surface area contributed by atoms with E-state index < -0.39 is 0 Å². The number of hydrogen-bond donors (Lipinski definition) is 2. The Balaban J connectivity index is 1.54. The molecule has 3 atom stereocenters. The fourth-order valence-electron chi connectivity index (χ4n) is 7.40. The van der Waals surface area contributed by atoms with Gasteiger partial charge in [-0.15, -0.1) is 0 Å². The van der Waals surface area contributed by atoms with E-state index in [9.17, 15) is 0 Å². The molecule has 0 aliphatic heterocycles. The number of nitrogens with one attached hydrogen (secondary N) is 2. The average molecular weight is 435 g/mol. The van der Waals surface area contributed by atoms with Crippen molar-refractivity contribution < 1.29 is 0 Å². The van der Waals surface area contributed by atoms with Gasteiger partial charge in [0.05, 0.1) is 0 Å². The van der Waals surface area contributed by atoms with Crippen LogP contribution in [0.3, 0.4) is 0 Å². The first-order valence-corrected chi connectivity index (χ1v) is 13.8. The molecule has 0 bridgehead atoms. The van der Waals surface area contributed by atoms with Crippen LogP contribution in [0.1, 0.15) is 117 Å². The molecule has 3 saturated carbocycles. The lowest BCUT2D eigenvalue weighted by molar-refractivity contribution is -0.0491. The summed E-state index contributed by atoms with van der Waals surface area (Å²) in [4.78, 5) is 0. The van der Waals surface area contributed by atoms with Crippen molar-refractivity contribution in [3.05, 3.63) is 0 Å². The number of hydrogen-bond acceptors (Lipinski definition) is 1. The van der Waals surface area contributed by atoms with Gasteiger partial charge in [0.2, 0.25) is 0 Å². The molecule has 0 saturated heterocycles. The zero-order valence-corrected chi connectivity index (χ0v) is 21.3. The van der Waals surface area contributed by atoms with Crippen LogP contribution in [0, 0.1) is 35.0 Å². The Kier molecular flexibility index (Phi) is 9.35. The predicted molar refractivity (Wildman–Crippen MR) is 135 cm³/mol. The predicted octanol–water partition coefficient (Wildman–Crippen LogP) is 7.47. The van der Waals surface area contributed by atoms with Crippen LogP contribution < -0.4 is 10.6 Å². The molecule has 0 aromatic rings. The Hall–Kier alpha value is -0.310. The Bertz CT molecular complexity index is 513. The summed E-state index contributed by atoms with van der Waals surface area (Å²) in [6.07, 6.45) is 21.6. The van der Waals surface area contributed by atoms with E-state index in [2.05, 4.69) is 31.4 Å². The van der Waals surface area contributed by atoms with Crippen LogP contribution in [0.4, 0.5) is 0 Å². The van der Waals surface area contributed by atoms with Gasteiger partial charge in [-0.1, -0.05) is 78.6 Å². The maximum Gasteiger partial charge on any atom is 0.166 e. The summed E-state index contributed by atoms with van der Waals surface area (Å²) in [7, 11) is 1.92. The molecule has 0 amide bonds. The van der Waals surface area contributed by atoms with Crippen LogP contribution >= 0.6 is 12.2 Å². The summed E-state index contributed by atoms with van der Waals surface area (Å²) >= 11 is 5.34. The summed E-state index contributed by atoms with van der Waals surface area (Å²) in [5.41, 5.74) is 0.513. The van der Waals surface area contributed by atoms with Gasteiger partial charge in [0.1, 0.15) is 0 Å². The van der Waals surface area contributed by atoms with Crippen LogP contribution in [0.25, 0.3) is 0 Å². The summed E-state index contributed by atoms with van der Waals surface area (Å²) < 4.78 is 0. The Labute approximate surface area is 193 Å². The largest absolute Gasteiger partial charge is 0.366 e. The molecule has 0 spiro atoms. The highest BCUT2D eigenvalue weighted by Gasteiger charge is 2.48. The summed E-state index contributed by atoms with van der Waals surface area (Å²) in [6.45, 7) is 7.93. The third kappa shape index (κ3) is 6.14. The summed E-state index contributed by atoms with van der Waals surface area (Å²) in [5, 5.41) is 7.42. The second-order valence-corrected chi connectivity index (χ2v) is 12.0. The molecule has 3 heteroatoms. The Morgan fingerprint density at radius 2 is 1.40 bits per heavy atom. The standard InChI is InChI=1S/C27H50N2S/c1-20(21-12-8-6-5-7-9-13-21)24-18-19-25(24)27(2,3)22-14-10-16-23(17-11-15-22)29-26(30)28-4/h20-25H,5-19H2,1-4H3,(H2,28,29,30). The summed E-state index contributed by atoms with van der Waals surface area (Å²) in [5.74, 6) is 4.83. The van der Waals surface area contributed by atoms with Gasteiger partial charge in [0, 0.05) is 13.1 Å². The van der Waals surface area contributed by atoms with E-state index in [1.807, 2.05) is 7.05 Å². The minimum atomic E-state index is 0.513. The zero-order chi connectivity index (χ0) is 21.6. The summed E-state index contributed by atoms with van der Waals surface area (Å²) in [6, 6.07) is 0.574. The molecular formula is C27H50N2S. The van der Waals surface area contributed by atoms with Crippen LogP contribution in [0.2, 0.25) is 0 Å². The van der Waals surface area contributed by atoms with E-state index in [1.165, 1.54) is 96.3 Å². The molecule has 3 aliphatic carbocycles. The SMILES string of the molecule is CNC(=S)NC1CCCC(C(C)(C)C2CCC2C(C)C2CCCCCCC2)CCC1. The highest BCUT2D eigenvalue weighted by atomic mass is 32.1. The molecule has 3 fully saturated rings. The van der Waals surface area contributed by atoms with Crippen molar-refractivity contribution in [2.45, 2.75) is 123 Å². The van der Waals surface area contributed by atoms with Crippen LogP contribution in [0.15, 0.2) is 0 Å². The van der Waals surface area contributed by atoms with Crippen molar-refractivity contribution in [2.24, 2.45) is 35.0 Å². The van der Waals surface area contributed by atoms with Gasteiger partial charge in [-0.05, 0) is 85.7 Å². The van der Waals surface area contributed by atoms with Crippen molar-refractivity contribution >= 4 is 17.3 Å². The molecule has 0 aromatic heterocycles. The van der Waals surface area contributed by atoms with E-state index >= 15 is 0 Å². The minimum Gasteiger partial charge on any atom is -0.366 e. The van der Waals surface area contributed by atoms with E-state index in [0.717, 1.165) is 34.7 Å². The van der Waals surface area contributed by atoms with E-state index in [-0.39, 0.29) is 0 Å². The first-order valence-electron chi connectivity index (χ1n) is 13.4. The number of rotatable bonds is 5. The van der Waals surface area contributed by atoms with Crippen molar-refractivity contribution in [1.82, 2.24) is 10.6 Å². The molecule has 174 valence electrons. The first-order chi connectivity index (χ1) is 14.4. The highest BCUT2D eigenvalue weighted by Crippen LogP contribution is 2.56. The average Bonchev–Trinajstić information content (AvgIpc) is 2.61. The second kappa shape index (κ2) is 11.5. The van der Waals surface area contributed by atoms with Gasteiger partial charge < -0.3 is 10.6 Å². The minimum absolute atomic E-state index is 0.513. The van der Waals surface area contributed by atoms with Crippen LogP contribution in [-0.2, 0) is 0 Å². The molecule has 0 aromatic carbocycles. The van der Waals surface area contributed by atoms with Gasteiger partial charge in [-0.3, -0.25) is 0 Å². The molecule has 2 nitrogen and oxygen atoms in total. The third-order valence-electron chi connectivity index (χ3n) is 9.68. The topological polar surface area (TPSA) is 24.1 Å². The third-order valence-corrected chi connectivity index (χ3v) is 10.00. The smallest absolute Gasteiger partial charge is 0.166 e. The zero-order valence-electron chi connectivity index (χ0n) is 20.5. The lowest BCUT2D eigenvalue weighted by Crippen LogP contribution is -2.47. The van der Waals surface area contributed by atoms with Gasteiger partial charge in [-0.25, -0.2) is 0 Å². The molecule has 0 heterocycles. The van der Waals surface area contributed by atoms with Gasteiger partial charge in [0.15, 0.2) is 5.11 Å². The molecule has 3 aliphatic rings. The Morgan fingerprint density at radius 3 is 1.93 bits per heavy atom. The maximum atomic E-state index is 5.34. The fraction of sp³-hybridized carbons (Fsp3) is 0.963. The maximum absolute atomic E-state index is 5.34. The van der Waals surface area contributed by atoms with Crippen molar-refractivity contribution in [1.29, 1.82) is 0 Å². The van der Waals surface area contributed by atoms with Crippen molar-refractivity contribution in [2.75, 3.05) is 7.05 Å². The number of thiocarbonyl (C=S) groups is 1. The van der Waals surface area contributed by atoms with Gasteiger partial charge >= 0.3 is 0 Å². The molecule has 2 N–H and O–H groups in total. The Morgan fingerprint density at radius 1 is 0.800 bits per heavy atom. The van der Waals surface area contributed by atoms with E-state index in [1.54, 1.807) is 0 Å². The molecular weight excluding hydrogens is 384 g/mol.